The molecule has 0 aliphatic heterocycles. The van der Waals surface area contributed by atoms with Crippen molar-refractivity contribution in [3.63, 3.8) is 0 Å². The predicted octanol–water partition coefficient (Wildman–Crippen LogP) is 2.13. The topological polar surface area (TPSA) is 105 Å². The summed E-state index contributed by atoms with van der Waals surface area (Å²) in [5.74, 6) is 1.23. The first-order valence-corrected chi connectivity index (χ1v) is 11.2. The molecule has 0 spiro atoms. The molecule has 2 aliphatic rings. The minimum atomic E-state index is -3.20. The molecule has 144 valence electrons. The number of hydrogen-bond acceptors (Lipinski definition) is 5. The highest BCUT2D eigenvalue weighted by atomic mass is 32.2. The summed E-state index contributed by atoms with van der Waals surface area (Å²) in [7, 11) is -3.20. The van der Waals surface area contributed by atoms with Crippen LogP contribution in [0.15, 0.2) is 18.5 Å². The average molecular weight is 388 g/mol. The molecule has 0 amide bonds. The average Bonchev–Trinajstić information content (AvgIpc) is 3.11. The summed E-state index contributed by atoms with van der Waals surface area (Å²) in [6.07, 6.45) is 7.67. The molecule has 3 heterocycles. The second-order valence-corrected chi connectivity index (χ2v) is 10.2. The number of fused-ring (bicyclic) bond motifs is 3. The van der Waals surface area contributed by atoms with Crippen molar-refractivity contribution in [3.05, 3.63) is 24.3 Å². The van der Waals surface area contributed by atoms with Gasteiger partial charge in [-0.1, -0.05) is 20.3 Å². The van der Waals surface area contributed by atoms with Crippen LogP contribution in [-0.2, 0) is 15.4 Å². The van der Waals surface area contributed by atoms with E-state index in [1.54, 1.807) is 6.20 Å². The van der Waals surface area contributed by atoms with E-state index in [9.17, 15) is 8.42 Å². The number of nitrogens with one attached hydrogen (secondary N) is 2. The van der Waals surface area contributed by atoms with Crippen molar-refractivity contribution in [2.45, 2.75) is 62.7 Å². The van der Waals surface area contributed by atoms with Gasteiger partial charge in [-0.2, -0.15) is 0 Å². The van der Waals surface area contributed by atoms with Gasteiger partial charge < -0.3 is 4.98 Å². The molecule has 8 nitrogen and oxygen atoms in total. The van der Waals surface area contributed by atoms with Gasteiger partial charge >= 0.3 is 0 Å². The van der Waals surface area contributed by atoms with Crippen LogP contribution in [0.3, 0.4) is 0 Å². The summed E-state index contributed by atoms with van der Waals surface area (Å²) in [6.45, 7) is 4.36. The molecule has 0 unspecified atom stereocenters. The van der Waals surface area contributed by atoms with E-state index in [2.05, 4.69) is 43.1 Å². The zero-order valence-electron chi connectivity index (χ0n) is 15.5. The summed E-state index contributed by atoms with van der Waals surface area (Å²) in [5.41, 5.74) is 2.21. The normalized spacial score (nSPS) is 29.1. The fraction of sp³-hybridized carbons (Fsp3) is 0.611. The lowest BCUT2D eigenvalue weighted by Gasteiger charge is -2.29. The lowest BCUT2D eigenvalue weighted by molar-refractivity contribution is 0.315. The van der Waals surface area contributed by atoms with Crippen molar-refractivity contribution >= 4 is 26.8 Å². The van der Waals surface area contributed by atoms with E-state index in [1.165, 1.54) is 0 Å². The van der Waals surface area contributed by atoms with Crippen LogP contribution in [0.2, 0.25) is 0 Å². The van der Waals surface area contributed by atoms with Gasteiger partial charge in [-0.3, -0.25) is 4.40 Å². The molecule has 3 aromatic heterocycles. The van der Waals surface area contributed by atoms with Crippen LogP contribution < -0.4 is 4.72 Å². The second kappa shape index (κ2) is 5.75. The maximum Gasteiger partial charge on any atom is 0.214 e. The van der Waals surface area contributed by atoms with E-state index in [0.717, 1.165) is 54.7 Å². The van der Waals surface area contributed by atoms with Crippen molar-refractivity contribution in [2.75, 3.05) is 0 Å². The van der Waals surface area contributed by atoms with Crippen LogP contribution in [0.5, 0.6) is 0 Å². The van der Waals surface area contributed by atoms with Gasteiger partial charge in [0, 0.05) is 17.7 Å². The lowest BCUT2D eigenvalue weighted by atomic mass is 9.77. The minimum Gasteiger partial charge on any atom is -0.345 e. The predicted molar refractivity (Wildman–Crippen MR) is 102 cm³/mol. The first kappa shape index (κ1) is 17.1. The molecule has 9 heteroatoms. The summed E-state index contributed by atoms with van der Waals surface area (Å²) in [6, 6.07) is 1.93. The van der Waals surface area contributed by atoms with Crippen molar-refractivity contribution in [1.82, 2.24) is 29.3 Å². The Labute approximate surface area is 157 Å². The molecule has 0 saturated heterocycles. The zero-order chi connectivity index (χ0) is 18.8. The number of aromatic nitrogens is 5. The maximum atomic E-state index is 12.4. The number of sulfonamides is 1. The van der Waals surface area contributed by atoms with Crippen LogP contribution in [0.1, 0.15) is 51.8 Å². The molecule has 2 saturated carbocycles. The Balaban J connectivity index is 1.56. The van der Waals surface area contributed by atoms with Crippen LogP contribution in [0, 0.1) is 5.92 Å². The van der Waals surface area contributed by atoms with E-state index in [1.807, 2.05) is 12.3 Å². The second-order valence-electron chi connectivity index (χ2n) is 8.21. The molecular weight excluding hydrogens is 364 g/mol. The van der Waals surface area contributed by atoms with Gasteiger partial charge in [0.1, 0.15) is 5.82 Å². The van der Waals surface area contributed by atoms with Gasteiger partial charge in [0.25, 0.3) is 0 Å². The Kier molecular flexibility index (Phi) is 3.64. The molecular formula is C18H24N6O2S. The van der Waals surface area contributed by atoms with Crippen molar-refractivity contribution < 1.29 is 8.42 Å². The molecule has 2 fully saturated rings. The van der Waals surface area contributed by atoms with Gasteiger partial charge in [-0.25, -0.2) is 18.1 Å². The minimum absolute atomic E-state index is 0.0542. The number of hydrogen-bond donors (Lipinski definition) is 2. The molecule has 0 aromatic carbocycles. The third kappa shape index (κ3) is 2.59. The van der Waals surface area contributed by atoms with Gasteiger partial charge in [-0.05, 0) is 37.7 Å². The summed E-state index contributed by atoms with van der Waals surface area (Å²) < 4.78 is 29.9. The van der Waals surface area contributed by atoms with E-state index < -0.39 is 10.0 Å². The van der Waals surface area contributed by atoms with Crippen LogP contribution >= 0.6 is 0 Å². The molecule has 3 atom stereocenters. The molecule has 3 aromatic rings. The first-order chi connectivity index (χ1) is 12.9. The Bertz CT molecular complexity index is 1120. The Morgan fingerprint density at radius 1 is 1.37 bits per heavy atom. The summed E-state index contributed by atoms with van der Waals surface area (Å²) >= 11 is 0. The molecule has 27 heavy (non-hydrogen) atoms. The standard InChI is InChI=1S/C18H24N6O2S/c1-3-11-8-12(23-27(25,26)13-4-5-13)9-18(11,2)17-22-21-15-10-20-16-14(24(15)17)6-7-19-16/h6-7,10-13,19,23H,3-5,8-9H2,1-2H3/t11-,12+,18+/m0/s1. The number of rotatable bonds is 5. The monoisotopic (exact) mass is 388 g/mol. The van der Waals surface area contributed by atoms with Gasteiger partial charge in [0.2, 0.25) is 10.0 Å². The fourth-order valence-corrected chi connectivity index (χ4v) is 6.39. The van der Waals surface area contributed by atoms with E-state index in [0.29, 0.717) is 5.92 Å². The quantitative estimate of drug-likeness (QED) is 0.697. The highest BCUT2D eigenvalue weighted by Gasteiger charge is 2.49. The van der Waals surface area contributed by atoms with Crippen LogP contribution in [-0.4, -0.2) is 44.3 Å². The third-order valence-corrected chi connectivity index (χ3v) is 8.39. The molecule has 0 bridgehead atoms. The zero-order valence-corrected chi connectivity index (χ0v) is 16.3. The SMILES string of the molecule is CC[C@H]1C[C@@H](NS(=O)(=O)C2CC2)C[C@@]1(C)c1nnc2cnc3[nH]ccc3n12. The highest BCUT2D eigenvalue weighted by Crippen LogP contribution is 2.47. The summed E-state index contributed by atoms with van der Waals surface area (Å²) in [5, 5.41) is 8.69. The van der Waals surface area contributed by atoms with Crippen LogP contribution in [0.4, 0.5) is 0 Å². The maximum absolute atomic E-state index is 12.4. The molecule has 0 radical (unpaired) electrons. The number of H-pyrrole nitrogens is 1. The first-order valence-electron chi connectivity index (χ1n) is 9.61. The van der Waals surface area contributed by atoms with Gasteiger partial charge in [-0.15, -0.1) is 10.2 Å². The Morgan fingerprint density at radius 2 is 2.19 bits per heavy atom. The molecule has 5 rings (SSSR count). The lowest BCUT2D eigenvalue weighted by Crippen LogP contribution is -2.36. The third-order valence-electron chi connectivity index (χ3n) is 6.38. The van der Waals surface area contributed by atoms with Crippen LogP contribution in [0.25, 0.3) is 16.8 Å². The van der Waals surface area contributed by atoms with Crippen molar-refractivity contribution in [3.8, 4) is 0 Å². The van der Waals surface area contributed by atoms with Gasteiger partial charge in [0.05, 0.1) is 17.0 Å². The Morgan fingerprint density at radius 3 is 2.93 bits per heavy atom. The summed E-state index contributed by atoms with van der Waals surface area (Å²) in [4.78, 5) is 7.53. The Hall–Kier alpha value is -2.00. The molecule has 2 N–H and O–H groups in total. The van der Waals surface area contributed by atoms with Crippen molar-refractivity contribution in [1.29, 1.82) is 0 Å². The highest BCUT2D eigenvalue weighted by molar-refractivity contribution is 7.90. The smallest absolute Gasteiger partial charge is 0.214 e. The van der Waals surface area contributed by atoms with E-state index >= 15 is 0 Å². The fourth-order valence-electron chi connectivity index (χ4n) is 4.80. The van der Waals surface area contributed by atoms with E-state index in [4.69, 9.17) is 0 Å². The molecule has 2 aliphatic carbocycles. The van der Waals surface area contributed by atoms with Gasteiger partial charge in [0.15, 0.2) is 11.3 Å². The van der Waals surface area contributed by atoms with Crippen molar-refractivity contribution in [2.24, 2.45) is 5.92 Å². The number of nitrogens with zero attached hydrogens (tertiary/aromatic N) is 4. The number of aromatic amines is 1. The largest absolute Gasteiger partial charge is 0.345 e. The van der Waals surface area contributed by atoms with E-state index in [-0.39, 0.29) is 16.7 Å².